The van der Waals surface area contributed by atoms with Crippen LogP contribution in [0, 0.1) is 0 Å². The summed E-state index contributed by atoms with van der Waals surface area (Å²) < 4.78 is 1.54. The fourth-order valence-corrected chi connectivity index (χ4v) is 3.24. The highest BCUT2D eigenvalue weighted by molar-refractivity contribution is 7.09. The van der Waals surface area contributed by atoms with E-state index in [4.69, 9.17) is 28.3 Å². The van der Waals surface area contributed by atoms with Crippen molar-refractivity contribution in [2.24, 2.45) is 0 Å². The molecule has 0 aliphatic carbocycles. The van der Waals surface area contributed by atoms with Gasteiger partial charge in [-0.2, -0.15) is 5.10 Å². The van der Waals surface area contributed by atoms with E-state index in [1.165, 1.54) is 28.4 Å². The molecule has 22 heavy (non-hydrogen) atoms. The van der Waals surface area contributed by atoms with E-state index in [1.807, 2.05) is 5.38 Å². The predicted octanol–water partition coefficient (Wildman–Crippen LogP) is 4.06. The molecule has 8 heteroatoms. The zero-order valence-electron chi connectivity index (χ0n) is 11.0. The summed E-state index contributed by atoms with van der Waals surface area (Å²) in [4.78, 5) is 15.3. The molecule has 0 unspecified atom stereocenters. The molecule has 0 radical (unpaired) electrons. The van der Waals surface area contributed by atoms with Gasteiger partial charge in [-0.3, -0.25) is 4.68 Å². The van der Waals surface area contributed by atoms with E-state index in [1.54, 1.807) is 18.2 Å². The first-order chi connectivity index (χ1) is 10.5. The first-order valence-electron chi connectivity index (χ1n) is 6.18. The van der Waals surface area contributed by atoms with Crippen LogP contribution in [0.1, 0.15) is 15.4 Å². The molecule has 2 aromatic heterocycles. The van der Waals surface area contributed by atoms with Crippen molar-refractivity contribution in [2.45, 2.75) is 6.54 Å². The zero-order valence-corrected chi connectivity index (χ0v) is 13.4. The fourth-order valence-electron chi connectivity index (χ4n) is 1.92. The minimum Gasteiger partial charge on any atom is -0.478 e. The van der Waals surface area contributed by atoms with Gasteiger partial charge in [-0.25, -0.2) is 9.78 Å². The Morgan fingerprint density at radius 1 is 1.27 bits per heavy atom. The topological polar surface area (TPSA) is 68.0 Å². The van der Waals surface area contributed by atoms with E-state index in [0.717, 1.165) is 16.3 Å². The summed E-state index contributed by atoms with van der Waals surface area (Å²) in [5.41, 5.74) is 1.76. The number of halogens is 2. The summed E-state index contributed by atoms with van der Waals surface area (Å²) in [6.45, 7) is 0.409. The number of carbonyl (C=O) groups is 1. The number of carboxylic acids is 1. The molecule has 112 valence electrons. The molecule has 0 amide bonds. The van der Waals surface area contributed by atoms with E-state index >= 15 is 0 Å². The summed E-state index contributed by atoms with van der Waals surface area (Å²) in [6.07, 6.45) is 2.78. The number of benzene rings is 1. The van der Waals surface area contributed by atoms with Crippen LogP contribution in [0.2, 0.25) is 10.0 Å². The minimum atomic E-state index is -1.00. The van der Waals surface area contributed by atoms with E-state index in [2.05, 4.69) is 10.1 Å². The largest absolute Gasteiger partial charge is 0.478 e. The number of thiazole rings is 1. The Morgan fingerprint density at radius 3 is 2.64 bits per heavy atom. The molecule has 1 aromatic carbocycles. The number of aromatic nitrogens is 3. The molecule has 5 nitrogen and oxygen atoms in total. The first kappa shape index (κ1) is 15.0. The van der Waals surface area contributed by atoms with Crippen molar-refractivity contribution in [3.63, 3.8) is 0 Å². The van der Waals surface area contributed by atoms with Crippen LogP contribution >= 0.6 is 34.5 Å². The quantitative estimate of drug-likeness (QED) is 0.767. The van der Waals surface area contributed by atoms with Gasteiger partial charge in [0, 0.05) is 27.2 Å². The van der Waals surface area contributed by atoms with Crippen molar-refractivity contribution in [2.75, 3.05) is 0 Å². The SMILES string of the molecule is O=C(O)c1cnn(Cc2nc(-c3cc(Cl)cc(Cl)c3)cs2)c1. The van der Waals surface area contributed by atoms with Gasteiger partial charge < -0.3 is 5.11 Å². The smallest absolute Gasteiger partial charge is 0.338 e. The van der Waals surface area contributed by atoms with Crippen LogP contribution in [0.3, 0.4) is 0 Å². The summed E-state index contributed by atoms with van der Waals surface area (Å²) in [6, 6.07) is 5.25. The number of carboxylic acid groups (broad SMARTS) is 1. The number of hydrogen-bond donors (Lipinski definition) is 1. The molecule has 0 bridgehead atoms. The number of nitrogens with zero attached hydrogens (tertiary/aromatic N) is 3. The molecular weight excluding hydrogens is 345 g/mol. The Morgan fingerprint density at radius 2 is 2.00 bits per heavy atom. The normalized spacial score (nSPS) is 10.8. The van der Waals surface area contributed by atoms with Gasteiger partial charge in [0.2, 0.25) is 0 Å². The van der Waals surface area contributed by atoms with Gasteiger partial charge in [-0.05, 0) is 18.2 Å². The Kier molecular flexibility index (Phi) is 4.15. The van der Waals surface area contributed by atoms with Crippen molar-refractivity contribution < 1.29 is 9.90 Å². The summed E-state index contributed by atoms with van der Waals surface area (Å²) in [7, 11) is 0. The van der Waals surface area contributed by atoms with E-state index < -0.39 is 5.97 Å². The van der Waals surface area contributed by atoms with Gasteiger partial charge in [0.05, 0.1) is 24.0 Å². The average molecular weight is 354 g/mol. The molecule has 3 aromatic rings. The number of rotatable bonds is 4. The van der Waals surface area contributed by atoms with E-state index in [0.29, 0.717) is 16.6 Å². The zero-order chi connectivity index (χ0) is 15.7. The highest BCUT2D eigenvalue weighted by Gasteiger charge is 2.10. The van der Waals surface area contributed by atoms with E-state index in [9.17, 15) is 4.79 Å². The maximum Gasteiger partial charge on any atom is 0.338 e. The highest BCUT2D eigenvalue weighted by Crippen LogP contribution is 2.28. The molecule has 3 rings (SSSR count). The molecule has 0 fully saturated rings. The molecule has 0 spiro atoms. The Labute approximate surface area is 139 Å². The van der Waals surface area contributed by atoms with Crippen molar-refractivity contribution in [3.8, 4) is 11.3 Å². The first-order valence-corrected chi connectivity index (χ1v) is 7.81. The standard InChI is InChI=1S/C14H9Cl2N3O2S/c15-10-1-8(2-11(16)3-10)12-7-22-13(18-12)6-19-5-9(4-17-19)14(20)21/h1-5,7H,6H2,(H,20,21). The molecule has 0 saturated heterocycles. The lowest BCUT2D eigenvalue weighted by molar-refractivity contribution is 0.0697. The van der Waals surface area contributed by atoms with Crippen LogP contribution < -0.4 is 0 Å². The van der Waals surface area contributed by atoms with Crippen LogP contribution in [0.15, 0.2) is 36.0 Å². The van der Waals surface area contributed by atoms with E-state index in [-0.39, 0.29) is 5.56 Å². The lowest BCUT2D eigenvalue weighted by Crippen LogP contribution is -2.00. The van der Waals surface area contributed by atoms with Gasteiger partial charge in [-0.1, -0.05) is 23.2 Å². The van der Waals surface area contributed by atoms with Gasteiger partial charge in [-0.15, -0.1) is 11.3 Å². The fraction of sp³-hybridized carbons (Fsp3) is 0.0714. The molecule has 1 N–H and O–H groups in total. The third-order valence-electron chi connectivity index (χ3n) is 2.89. The van der Waals surface area contributed by atoms with Crippen molar-refractivity contribution in [1.82, 2.24) is 14.8 Å². The Balaban J connectivity index is 1.82. The predicted molar refractivity (Wildman–Crippen MR) is 85.9 cm³/mol. The molecule has 0 aliphatic rings. The van der Waals surface area contributed by atoms with Gasteiger partial charge in [0.1, 0.15) is 5.01 Å². The minimum absolute atomic E-state index is 0.151. The van der Waals surface area contributed by atoms with Crippen LogP contribution in [-0.4, -0.2) is 25.8 Å². The van der Waals surface area contributed by atoms with Gasteiger partial charge >= 0.3 is 5.97 Å². The molecule has 2 heterocycles. The highest BCUT2D eigenvalue weighted by atomic mass is 35.5. The second-order valence-corrected chi connectivity index (χ2v) is 6.33. The second-order valence-electron chi connectivity index (χ2n) is 4.52. The summed E-state index contributed by atoms with van der Waals surface area (Å²) in [5, 5.41) is 16.7. The molecular formula is C14H9Cl2N3O2S. The lowest BCUT2D eigenvalue weighted by Gasteiger charge is -2.00. The van der Waals surface area contributed by atoms with Crippen LogP contribution in [0.25, 0.3) is 11.3 Å². The second kappa shape index (κ2) is 6.08. The summed E-state index contributed by atoms with van der Waals surface area (Å²) >= 11 is 13.4. The third-order valence-corrected chi connectivity index (χ3v) is 4.16. The Hall–Kier alpha value is -1.89. The summed E-state index contributed by atoms with van der Waals surface area (Å²) in [5.74, 6) is -1.00. The Bertz CT molecular complexity index is 824. The average Bonchev–Trinajstić information content (AvgIpc) is 3.07. The third kappa shape index (κ3) is 3.30. The van der Waals surface area contributed by atoms with Gasteiger partial charge in [0.25, 0.3) is 0 Å². The molecule has 0 atom stereocenters. The van der Waals surface area contributed by atoms with Crippen molar-refractivity contribution >= 4 is 40.5 Å². The molecule has 0 aliphatic heterocycles. The van der Waals surface area contributed by atoms with Crippen LogP contribution in [-0.2, 0) is 6.54 Å². The van der Waals surface area contributed by atoms with Crippen LogP contribution in [0.5, 0.6) is 0 Å². The van der Waals surface area contributed by atoms with Crippen molar-refractivity contribution in [3.05, 3.63) is 56.6 Å². The van der Waals surface area contributed by atoms with Crippen molar-refractivity contribution in [1.29, 1.82) is 0 Å². The maximum absolute atomic E-state index is 10.8. The number of aromatic carboxylic acids is 1. The molecule has 0 saturated carbocycles. The van der Waals surface area contributed by atoms with Crippen LogP contribution in [0.4, 0.5) is 0 Å². The maximum atomic E-state index is 10.8. The lowest BCUT2D eigenvalue weighted by atomic mass is 10.2. The van der Waals surface area contributed by atoms with Gasteiger partial charge in [0.15, 0.2) is 0 Å². The monoisotopic (exact) mass is 353 g/mol. The number of hydrogen-bond acceptors (Lipinski definition) is 4.